The number of amides is 2. The van der Waals surface area contributed by atoms with Gasteiger partial charge in [-0.15, -0.1) is 0 Å². The van der Waals surface area contributed by atoms with Crippen LogP contribution in [0.15, 0.2) is 36.5 Å². The molecule has 2 amide bonds. The average Bonchev–Trinajstić information content (AvgIpc) is 2.58. The summed E-state index contributed by atoms with van der Waals surface area (Å²) in [6, 6.07) is 10.5. The summed E-state index contributed by atoms with van der Waals surface area (Å²) in [7, 11) is 0. The van der Waals surface area contributed by atoms with Crippen LogP contribution in [-0.2, 0) is 4.79 Å². The van der Waals surface area contributed by atoms with Crippen LogP contribution in [0, 0.1) is 17.2 Å². The molecular weight excluding hydrogens is 304 g/mol. The maximum absolute atomic E-state index is 12.4. The Morgan fingerprint density at radius 3 is 2.62 bits per heavy atom. The molecule has 1 aromatic carbocycles. The van der Waals surface area contributed by atoms with E-state index < -0.39 is 11.9 Å². The lowest BCUT2D eigenvalue weighted by Crippen LogP contribution is -2.47. The van der Waals surface area contributed by atoms with Crippen molar-refractivity contribution in [3.63, 3.8) is 0 Å². The third-order valence-electron chi connectivity index (χ3n) is 3.53. The molecular formula is C18H20N4O2. The molecule has 0 fully saturated rings. The molecule has 0 unspecified atom stereocenters. The molecule has 0 aliphatic carbocycles. The number of hydrogen-bond acceptors (Lipinski definition) is 4. The van der Waals surface area contributed by atoms with Crippen molar-refractivity contribution in [1.82, 2.24) is 15.6 Å². The van der Waals surface area contributed by atoms with Crippen molar-refractivity contribution in [2.45, 2.75) is 26.3 Å². The van der Waals surface area contributed by atoms with Gasteiger partial charge in [-0.1, -0.05) is 38.1 Å². The second-order valence-corrected chi connectivity index (χ2v) is 5.95. The first-order valence-electron chi connectivity index (χ1n) is 7.81. The van der Waals surface area contributed by atoms with Gasteiger partial charge in [-0.3, -0.25) is 14.6 Å². The van der Waals surface area contributed by atoms with Crippen LogP contribution in [-0.4, -0.2) is 29.4 Å². The Hall–Kier alpha value is -2.94. The highest BCUT2D eigenvalue weighted by atomic mass is 16.2. The van der Waals surface area contributed by atoms with E-state index >= 15 is 0 Å². The summed E-state index contributed by atoms with van der Waals surface area (Å²) in [6.07, 6.45) is 2.12. The summed E-state index contributed by atoms with van der Waals surface area (Å²) >= 11 is 0. The molecule has 0 spiro atoms. The van der Waals surface area contributed by atoms with Gasteiger partial charge in [0.1, 0.15) is 18.3 Å². The molecule has 0 saturated carbocycles. The molecule has 6 heteroatoms. The van der Waals surface area contributed by atoms with Gasteiger partial charge in [0.15, 0.2) is 0 Å². The predicted molar refractivity (Wildman–Crippen MR) is 91.1 cm³/mol. The number of carbonyl (C=O) groups is 2. The molecule has 24 heavy (non-hydrogen) atoms. The standard InChI is InChI=1S/C18H20N4O2/c1-12(2)9-16(17(23)20-8-7-19)22-18(24)15-10-13-5-3-4-6-14(13)11-21-15/h3-6,10-12,16H,8-9H2,1-2H3,(H,20,23)(H,22,24)/t16-/m0/s1. The highest BCUT2D eigenvalue weighted by Crippen LogP contribution is 2.14. The Morgan fingerprint density at radius 1 is 1.25 bits per heavy atom. The lowest BCUT2D eigenvalue weighted by Gasteiger charge is -2.19. The monoisotopic (exact) mass is 324 g/mol. The number of nitrogens with zero attached hydrogens (tertiary/aromatic N) is 2. The van der Waals surface area contributed by atoms with E-state index in [0.29, 0.717) is 6.42 Å². The summed E-state index contributed by atoms with van der Waals surface area (Å²) in [5.74, 6) is -0.550. The number of aromatic nitrogens is 1. The first-order valence-corrected chi connectivity index (χ1v) is 7.81. The quantitative estimate of drug-likeness (QED) is 0.795. The molecule has 1 atom stereocenters. The zero-order chi connectivity index (χ0) is 17.5. The predicted octanol–water partition coefficient (Wildman–Crippen LogP) is 2.02. The zero-order valence-electron chi connectivity index (χ0n) is 13.7. The number of nitrogens with one attached hydrogen (secondary N) is 2. The number of benzene rings is 1. The van der Waals surface area contributed by atoms with Crippen LogP contribution in [0.4, 0.5) is 0 Å². The minimum Gasteiger partial charge on any atom is -0.341 e. The molecule has 2 rings (SSSR count). The van der Waals surface area contributed by atoms with Crippen molar-refractivity contribution >= 4 is 22.6 Å². The third-order valence-corrected chi connectivity index (χ3v) is 3.53. The molecule has 124 valence electrons. The zero-order valence-corrected chi connectivity index (χ0v) is 13.7. The first-order chi connectivity index (χ1) is 11.5. The Balaban J connectivity index is 2.15. The molecule has 1 heterocycles. The summed E-state index contributed by atoms with van der Waals surface area (Å²) in [5.41, 5.74) is 0.260. The van der Waals surface area contributed by atoms with Gasteiger partial charge in [0.05, 0.1) is 6.07 Å². The largest absolute Gasteiger partial charge is 0.341 e. The second-order valence-electron chi connectivity index (χ2n) is 5.95. The topological polar surface area (TPSA) is 94.9 Å². The van der Waals surface area contributed by atoms with Crippen molar-refractivity contribution in [3.8, 4) is 6.07 Å². The number of fused-ring (bicyclic) bond motifs is 1. The summed E-state index contributed by atoms with van der Waals surface area (Å²) in [6.45, 7) is 3.84. The van der Waals surface area contributed by atoms with E-state index in [1.54, 1.807) is 12.3 Å². The number of carbonyl (C=O) groups excluding carboxylic acids is 2. The molecule has 2 aromatic rings. The minimum atomic E-state index is -0.695. The Labute approximate surface area is 140 Å². The molecule has 0 radical (unpaired) electrons. The molecule has 0 bridgehead atoms. The minimum absolute atomic E-state index is 0.0858. The fourth-order valence-electron chi connectivity index (χ4n) is 2.39. The normalized spacial score (nSPS) is 11.8. The maximum Gasteiger partial charge on any atom is 0.270 e. The van der Waals surface area contributed by atoms with Crippen LogP contribution in [0.25, 0.3) is 10.8 Å². The Morgan fingerprint density at radius 2 is 1.96 bits per heavy atom. The van der Waals surface area contributed by atoms with Crippen LogP contribution in [0.2, 0.25) is 0 Å². The Kier molecular flexibility index (Phi) is 5.85. The fraction of sp³-hybridized carbons (Fsp3) is 0.333. The summed E-state index contributed by atoms with van der Waals surface area (Å²) in [5, 5.41) is 15.6. The highest BCUT2D eigenvalue weighted by Gasteiger charge is 2.22. The molecule has 0 aliphatic rings. The van der Waals surface area contributed by atoms with Crippen LogP contribution >= 0.6 is 0 Å². The molecule has 0 saturated heterocycles. The van der Waals surface area contributed by atoms with E-state index in [-0.39, 0.29) is 24.1 Å². The SMILES string of the molecule is CC(C)C[C@H](NC(=O)c1cc2ccccc2cn1)C(=O)NCC#N. The van der Waals surface area contributed by atoms with E-state index in [1.807, 2.05) is 44.2 Å². The number of pyridine rings is 1. The van der Waals surface area contributed by atoms with Crippen LogP contribution in [0.1, 0.15) is 30.8 Å². The van der Waals surface area contributed by atoms with Crippen molar-refractivity contribution in [2.24, 2.45) is 5.92 Å². The van der Waals surface area contributed by atoms with Gasteiger partial charge < -0.3 is 10.6 Å². The molecule has 2 N–H and O–H groups in total. The maximum atomic E-state index is 12.4. The van der Waals surface area contributed by atoms with Gasteiger partial charge in [-0.05, 0) is 23.8 Å². The van der Waals surface area contributed by atoms with Crippen LogP contribution in [0.5, 0.6) is 0 Å². The summed E-state index contributed by atoms with van der Waals surface area (Å²) < 4.78 is 0. The third kappa shape index (κ3) is 4.53. The van der Waals surface area contributed by atoms with Gasteiger partial charge in [0.2, 0.25) is 5.91 Å². The molecule has 6 nitrogen and oxygen atoms in total. The Bertz CT molecular complexity index is 780. The van der Waals surface area contributed by atoms with Gasteiger partial charge in [-0.25, -0.2) is 0 Å². The second kappa shape index (κ2) is 8.06. The number of rotatable bonds is 6. The number of hydrogen-bond donors (Lipinski definition) is 2. The summed E-state index contributed by atoms with van der Waals surface area (Å²) in [4.78, 5) is 28.7. The molecule has 1 aromatic heterocycles. The average molecular weight is 324 g/mol. The van der Waals surface area contributed by atoms with Crippen LogP contribution < -0.4 is 10.6 Å². The van der Waals surface area contributed by atoms with Gasteiger partial charge in [-0.2, -0.15) is 5.26 Å². The van der Waals surface area contributed by atoms with Crippen molar-refractivity contribution in [1.29, 1.82) is 5.26 Å². The lowest BCUT2D eigenvalue weighted by molar-refractivity contribution is -0.123. The smallest absolute Gasteiger partial charge is 0.270 e. The van der Waals surface area contributed by atoms with Crippen molar-refractivity contribution in [3.05, 3.63) is 42.2 Å². The van der Waals surface area contributed by atoms with E-state index in [1.165, 1.54) is 0 Å². The molecule has 0 aliphatic heterocycles. The van der Waals surface area contributed by atoms with Crippen molar-refractivity contribution < 1.29 is 9.59 Å². The van der Waals surface area contributed by atoms with Crippen molar-refractivity contribution in [2.75, 3.05) is 6.54 Å². The van der Waals surface area contributed by atoms with Gasteiger partial charge in [0, 0.05) is 11.6 Å². The van der Waals surface area contributed by atoms with E-state index in [9.17, 15) is 9.59 Å². The lowest BCUT2D eigenvalue weighted by atomic mass is 10.0. The van der Waals surface area contributed by atoms with E-state index in [2.05, 4.69) is 15.6 Å². The number of nitriles is 1. The van der Waals surface area contributed by atoms with Crippen LogP contribution in [0.3, 0.4) is 0 Å². The first kappa shape index (κ1) is 17.4. The highest BCUT2D eigenvalue weighted by molar-refractivity contribution is 5.98. The van der Waals surface area contributed by atoms with Gasteiger partial charge >= 0.3 is 0 Å². The van der Waals surface area contributed by atoms with Gasteiger partial charge in [0.25, 0.3) is 5.91 Å². The van der Waals surface area contributed by atoms with E-state index in [0.717, 1.165) is 10.8 Å². The fourth-order valence-corrected chi connectivity index (χ4v) is 2.39. The van der Waals surface area contributed by atoms with E-state index in [4.69, 9.17) is 5.26 Å².